The second kappa shape index (κ2) is 5.58. The fraction of sp³-hybridized carbons (Fsp3) is 0.188. The number of rotatable bonds is 1. The van der Waals surface area contributed by atoms with Crippen LogP contribution in [0, 0.1) is 0 Å². The highest BCUT2D eigenvalue weighted by molar-refractivity contribution is 9.10. The monoisotopic (exact) mass is 348 g/mol. The molecule has 0 fully saturated rings. The third kappa shape index (κ3) is 2.74. The molecule has 0 saturated carbocycles. The highest BCUT2D eigenvalue weighted by Gasteiger charge is 2.18. The summed E-state index contributed by atoms with van der Waals surface area (Å²) in [5, 5.41) is 5.32. The molecule has 1 heterocycles. The Balaban J connectivity index is 2.13. The molecule has 2 aromatic carbocycles. The lowest BCUT2D eigenvalue weighted by molar-refractivity contribution is 0.576. The Morgan fingerprint density at radius 2 is 1.95 bits per heavy atom. The van der Waals surface area contributed by atoms with Gasteiger partial charge in [-0.3, -0.25) is 0 Å². The summed E-state index contributed by atoms with van der Waals surface area (Å²) in [6.07, 6.45) is 0.954. The molecule has 0 radical (unpaired) electrons. The maximum absolute atomic E-state index is 5.97. The van der Waals surface area contributed by atoms with Crippen LogP contribution in [0.5, 0.6) is 0 Å². The zero-order valence-corrected chi connectivity index (χ0v) is 13.4. The molecule has 0 aliphatic carbocycles. The molecule has 1 aliphatic heterocycles. The SMILES string of the molecule is CC1Cc2cc(Br)ccc2C(c2ccc(Cl)cc2)=NN1. The molecule has 1 unspecified atom stereocenters. The van der Waals surface area contributed by atoms with E-state index in [1.54, 1.807) is 0 Å². The number of hydrogen-bond donors (Lipinski definition) is 1. The van der Waals surface area contributed by atoms with Gasteiger partial charge < -0.3 is 5.43 Å². The van der Waals surface area contributed by atoms with Gasteiger partial charge in [0.05, 0.1) is 5.71 Å². The van der Waals surface area contributed by atoms with E-state index < -0.39 is 0 Å². The second-order valence-corrected chi connectivity index (χ2v) is 6.36. The van der Waals surface area contributed by atoms with Crippen molar-refractivity contribution >= 4 is 33.2 Å². The van der Waals surface area contributed by atoms with E-state index in [0.29, 0.717) is 6.04 Å². The third-order valence-corrected chi connectivity index (χ3v) is 4.11. The summed E-state index contributed by atoms with van der Waals surface area (Å²) in [5.74, 6) is 0. The summed E-state index contributed by atoms with van der Waals surface area (Å²) in [6, 6.07) is 14.5. The molecule has 0 saturated heterocycles. The van der Waals surface area contributed by atoms with Crippen molar-refractivity contribution < 1.29 is 0 Å². The van der Waals surface area contributed by atoms with E-state index in [4.69, 9.17) is 11.6 Å². The Morgan fingerprint density at radius 1 is 1.20 bits per heavy atom. The fourth-order valence-electron chi connectivity index (χ4n) is 2.40. The van der Waals surface area contributed by atoms with Crippen LogP contribution in [0.2, 0.25) is 5.02 Å². The van der Waals surface area contributed by atoms with Crippen molar-refractivity contribution in [3.63, 3.8) is 0 Å². The smallest absolute Gasteiger partial charge is 0.0976 e. The van der Waals surface area contributed by atoms with E-state index in [0.717, 1.165) is 27.2 Å². The molecule has 0 spiro atoms. The first kappa shape index (κ1) is 13.7. The van der Waals surface area contributed by atoms with E-state index in [-0.39, 0.29) is 0 Å². The van der Waals surface area contributed by atoms with Crippen LogP contribution >= 0.6 is 27.5 Å². The number of hydrazone groups is 1. The third-order valence-electron chi connectivity index (χ3n) is 3.36. The number of fused-ring (bicyclic) bond motifs is 1. The lowest BCUT2D eigenvalue weighted by Crippen LogP contribution is -2.21. The lowest BCUT2D eigenvalue weighted by atomic mass is 9.95. The molecule has 3 rings (SSSR count). The van der Waals surface area contributed by atoms with E-state index >= 15 is 0 Å². The van der Waals surface area contributed by atoms with Crippen molar-refractivity contribution in [3.8, 4) is 0 Å². The summed E-state index contributed by atoms with van der Waals surface area (Å²) < 4.78 is 1.10. The lowest BCUT2D eigenvalue weighted by Gasteiger charge is -2.10. The Hall–Kier alpha value is -1.32. The standard InChI is InChI=1S/C16H14BrClN2/c1-10-8-12-9-13(17)4-7-15(12)16(20-19-10)11-2-5-14(18)6-3-11/h2-7,9-10,19H,8H2,1H3. The summed E-state index contributed by atoms with van der Waals surface area (Å²) >= 11 is 9.51. The molecule has 0 bridgehead atoms. The molecule has 1 atom stereocenters. The minimum atomic E-state index is 0.313. The molecular formula is C16H14BrClN2. The van der Waals surface area contributed by atoms with Crippen molar-refractivity contribution in [1.82, 2.24) is 5.43 Å². The summed E-state index contributed by atoms with van der Waals surface area (Å²) in [5.41, 5.74) is 7.72. The number of nitrogens with zero attached hydrogens (tertiary/aromatic N) is 1. The minimum Gasteiger partial charge on any atom is -0.306 e. The molecule has 4 heteroatoms. The highest BCUT2D eigenvalue weighted by Crippen LogP contribution is 2.24. The van der Waals surface area contributed by atoms with Gasteiger partial charge in [-0.15, -0.1) is 0 Å². The van der Waals surface area contributed by atoms with Gasteiger partial charge in [-0.1, -0.05) is 45.7 Å². The Morgan fingerprint density at radius 3 is 2.70 bits per heavy atom. The second-order valence-electron chi connectivity index (χ2n) is 5.00. The minimum absolute atomic E-state index is 0.313. The molecular weight excluding hydrogens is 336 g/mol. The first-order valence-electron chi connectivity index (χ1n) is 6.51. The fourth-order valence-corrected chi connectivity index (χ4v) is 2.93. The zero-order chi connectivity index (χ0) is 14.1. The van der Waals surface area contributed by atoms with Gasteiger partial charge in [0, 0.05) is 26.7 Å². The quantitative estimate of drug-likeness (QED) is 0.811. The maximum atomic E-state index is 5.97. The van der Waals surface area contributed by atoms with Gasteiger partial charge in [-0.2, -0.15) is 5.10 Å². The molecule has 0 aromatic heterocycles. The van der Waals surface area contributed by atoms with Crippen LogP contribution in [0.3, 0.4) is 0 Å². The van der Waals surface area contributed by atoms with E-state index in [2.05, 4.69) is 51.6 Å². The maximum Gasteiger partial charge on any atom is 0.0976 e. The number of nitrogens with one attached hydrogen (secondary N) is 1. The number of benzene rings is 2. The summed E-state index contributed by atoms with van der Waals surface area (Å²) in [6.45, 7) is 2.14. The van der Waals surface area contributed by atoms with Gasteiger partial charge in [0.1, 0.15) is 0 Å². The van der Waals surface area contributed by atoms with Gasteiger partial charge in [-0.05, 0) is 43.2 Å². The molecule has 1 aliphatic rings. The normalized spacial score (nSPS) is 17.8. The van der Waals surface area contributed by atoms with Gasteiger partial charge in [0.15, 0.2) is 0 Å². The Kier molecular flexibility index (Phi) is 3.81. The van der Waals surface area contributed by atoms with Gasteiger partial charge in [-0.25, -0.2) is 0 Å². The van der Waals surface area contributed by atoms with Crippen LogP contribution in [-0.4, -0.2) is 11.8 Å². The van der Waals surface area contributed by atoms with Crippen LogP contribution in [-0.2, 0) is 6.42 Å². The topological polar surface area (TPSA) is 24.4 Å². The van der Waals surface area contributed by atoms with Crippen molar-refractivity contribution in [2.45, 2.75) is 19.4 Å². The van der Waals surface area contributed by atoms with Crippen LogP contribution in [0.4, 0.5) is 0 Å². The molecule has 0 amide bonds. The number of halogens is 2. The van der Waals surface area contributed by atoms with E-state index in [1.807, 2.05) is 24.3 Å². The van der Waals surface area contributed by atoms with Crippen molar-refractivity contribution in [2.75, 3.05) is 0 Å². The van der Waals surface area contributed by atoms with Crippen molar-refractivity contribution in [1.29, 1.82) is 0 Å². The van der Waals surface area contributed by atoms with Crippen molar-refractivity contribution in [3.05, 3.63) is 68.7 Å². The van der Waals surface area contributed by atoms with Gasteiger partial charge in [0.2, 0.25) is 0 Å². The highest BCUT2D eigenvalue weighted by atomic mass is 79.9. The van der Waals surface area contributed by atoms with Gasteiger partial charge in [0.25, 0.3) is 0 Å². The number of hydrogen-bond acceptors (Lipinski definition) is 2. The molecule has 20 heavy (non-hydrogen) atoms. The zero-order valence-electron chi connectivity index (χ0n) is 11.0. The van der Waals surface area contributed by atoms with E-state index in [9.17, 15) is 0 Å². The average molecular weight is 350 g/mol. The summed E-state index contributed by atoms with van der Waals surface area (Å²) in [4.78, 5) is 0. The summed E-state index contributed by atoms with van der Waals surface area (Å²) in [7, 11) is 0. The van der Waals surface area contributed by atoms with Crippen molar-refractivity contribution in [2.24, 2.45) is 5.10 Å². The molecule has 102 valence electrons. The predicted octanol–water partition coefficient (Wildman–Crippen LogP) is 4.39. The predicted molar refractivity (Wildman–Crippen MR) is 87.5 cm³/mol. The first-order chi connectivity index (χ1) is 9.63. The molecule has 1 N–H and O–H groups in total. The Bertz CT molecular complexity index is 665. The van der Waals surface area contributed by atoms with Crippen LogP contribution in [0.15, 0.2) is 52.0 Å². The molecule has 2 aromatic rings. The largest absolute Gasteiger partial charge is 0.306 e. The average Bonchev–Trinajstić information content (AvgIpc) is 2.58. The Labute approximate surface area is 132 Å². The van der Waals surface area contributed by atoms with E-state index in [1.165, 1.54) is 11.1 Å². The molecule has 2 nitrogen and oxygen atoms in total. The van der Waals surface area contributed by atoms with Crippen LogP contribution in [0.1, 0.15) is 23.6 Å². The first-order valence-corrected chi connectivity index (χ1v) is 7.68. The van der Waals surface area contributed by atoms with Crippen LogP contribution in [0.25, 0.3) is 0 Å². The van der Waals surface area contributed by atoms with Gasteiger partial charge >= 0.3 is 0 Å². The van der Waals surface area contributed by atoms with Crippen LogP contribution < -0.4 is 5.43 Å².